The predicted molar refractivity (Wildman–Crippen MR) is 61.7 cm³/mol. The summed E-state index contributed by atoms with van der Waals surface area (Å²) in [5.41, 5.74) is 1.21. The second-order valence-electron chi connectivity index (χ2n) is 5.09. The molecule has 0 spiro atoms. The number of rotatable bonds is 3. The molecule has 0 radical (unpaired) electrons. The number of nitrogens with one attached hydrogen (secondary N) is 1. The molecule has 1 N–H and O–H groups in total. The van der Waals surface area contributed by atoms with Gasteiger partial charge in [0.2, 0.25) is 0 Å². The van der Waals surface area contributed by atoms with Crippen LogP contribution in [-0.2, 0) is 4.79 Å². The molecule has 3 atom stereocenters. The summed E-state index contributed by atoms with van der Waals surface area (Å²) in [5, 5.41) is 3.58. The van der Waals surface area contributed by atoms with Gasteiger partial charge in [0, 0.05) is 6.04 Å². The van der Waals surface area contributed by atoms with Gasteiger partial charge >= 0.3 is 0 Å². The average molecular weight is 207 g/mol. The van der Waals surface area contributed by atoms with Gasteiger partial charge in [0.1, 0.15) is 6.29 Å². The molecule has 1 aliphatic carbocycles. The van der Waals surface area contributed by atoms with E-state index in [4.69, 9.17) is 0 Å². The van der Waals surface area contributed by atoms with Crippen molar-refractivity contribution in [2.75, 3.05) is 6.54 Å². The number of carbonyl (C=O) groups is 1. The summed E-state index contributed by atoms with van der Waals surface area (Å²) < 4.78 is 0. The van der Waals surface area contributed by atoms with Crippen molar-refractivity contribution in [3.05, 3.63) is 11.6 Å². The number of hydrogen-bond acceptors (Lipinski definition) is 2. The quantitative estimate of drug-likeness (QED) is 0.568. The second kappa shape index (κ2) is 4.09. The highest BCUT2D eigenvalue weighted by atomic mass is 16.1. The topological polar surface area (TPSA) is 29.1 Å². The molecule has 0 aromatic rings. The van der Waals surface area contributed by atoms with Crippen molar-refractivity contribution in [1.82, 2.24) is 5.32 Å². The van der Waals surface area contributed by atoms with Gasteiger partial charge in [-0.25, -0.2) is 0 Å². The first-order valence-corrected chi connectivity index (χ1v) is 6.10. The molecule has 3 unspecified atom stereocenters. The lowest BCUT2D eigenvalue weighted by Gasteiger charge is -2.53. The van der Waals surface area contributed by atoms with Crippen LogP contribution < -0.4 is 5.32 Å². The summed E-state index contributed by atoms with van der Waals surface area (Å²) in [6, 6.07) is 0.717. The summed E-state index contributed by atoms with van der Waals surface area (Å²) in [4.78, 5) is 10.8. The molecule has 1 saturated carbocycles. The lowest BCUT2D eigenvalue weighted by molar-refractivity contribution is -0.105. The van der Waals surface area contributed by atoms with Crippen LogP contribution in [0.5, 0.6) is 0 Å². The molecule has 2 rings (SSSR count). The van der Waals surface area contributed by atoms with Crippen LogP contribution in [0.15, 0.2) is 11.6 Å². The third kappa shape index (κ3) is 1.76. The van der Waals surface area contributed by atoms with Crippen molar-refractivity contribution >= 4 is 6.29 Å². The molecular weight excluding hydrogens is 186 g/mol. The van der Waals surface area contributed by atoms with Gasteiger partial charge in [0.15, 0.2) is 0 Å². The highest BCUT2D eigenvalue weighted by molar-refractivity contribution is 5.72. The van der Waals surface area contributed by atoms with E-state index in [2.05, 4.69) is 18.3 Å². The molecule has 2 nitrogen and oxygen atoms in total. The highest BCUT2D eigenvalue weighted by Crippen LogP contribution is 2.50. The fraction of sp³-hybridized carbons (Fsp3) is 0.769. The lowest BCUT2D eigenvalue weighted by atomic mass is 9.57. The lowest BCUT2D eigenvalue weighted by Crippen LogP contribution is -2.57. The van der Waals surface area contributed by atoms with Crippen LogP contribution in [-0.4, -0.2) is 18.9 Å². The Kier molecular flexibility index (Phi) is 2.96. The van der Waals surface area contributed by atoms with E-state index in [9.17, 15) is 4.79 Å². The zero-order chi connectivity index (χ0) is 10.9. The molecule has 2 heteroatoms. The van der Waals surface area contributed by atoms with Crippen molar-refractivity contribution in [2.45, 2.75) is 45.6 Å². The van der Waals surface area contributed by atoms with E-state index in [1.165, 1.54) is 25.7 Å². The summed E-state index contributed by atoms with van der Waals surface area (Å²) in [6.07, 6.45) is 8.25. The standard InChI is InChI=1S/C13H21NO/c1-3-13(8-10(2)9-15)6-7-14-12-5-4-11(12)13/h8-9,11-12,14H,3-7H2,1-2H3/b10-8-. The van der Waals surface area contributed by atoms with E-state index in [0.29, 0.717) is 5.41 Å². The number of hydrogen-bond donors (Lipinski definition) is 1. The van der Waals surface area contributed by atoms with E-state index in [1.54, 1.807) is 0 Å². The first-order chi connectivity index (χ1) is 7.22. The molecule has 0 aromatic carbocycles. The van der Waals surface area contributed by atoms with Crippen LogP contribution in [0.25, 0.3) is 0 Å². The summed E-state index contributed by atoms with van der Waals surface area (Å²) >= 11 is 0. The van der Waals surface area contributed by atoms with Crippen molar-refractivity contribution in [3.63, 3.8) is 0 Å². The van der Waals surface area contributed by atoms with Gasteiger partial charge < -0.3 is 5.32 Å². The maximum atomic E-state index is 10.8. The molecule has 0 amide bonds. The Labute approximate surface area is 92.1 Å². The van der Waals surface area contributed by atoms with Gasteiger partial charge in [-0.2, -0.15) is 0 Å². The Morgan fingerprint density at radius 3 is 2.87 bits per heavy atom. The van der Waals surface area contributed by atoms with Crippen LogP contribution in [0, 0.1) is 11.3 Å². The number of allylic oxidation sites excluding steroid dienone is 2. The summed E-state index contributed by atoms with van der Waals surface area (Å²) in [6.45, 7) is 5.30. The number of aldehydes is 1. The van der Waals surface area contributed by atoms with E-state index in [1.807, 2.05) is 6.92 Å². The molecule has 0 aromatic heterocycles. The van der Waals surface area contributed by atoms with Gasteiger partial charge in [-0.1, -0.05) is 13.0 Å². The smallest absolute Gasteiger partial charge is 0.145 e. The Balaban J connectivity index is 2.22. The minimum Gasteiger partial charge on any atom is -0.314 e. The van der Waals surface area contributed by atoms with Gasteiger partial charge in [-0.3, -0.25) is 4.79 Å². The molecule has 15 heavy (non-hydrogen) atoms. The molecule has 1 heterocycles. The maximum absolute atomic E-state index is 10.8. The van der Waals surface area contributed by atoms with Crippen LogP contribution in [0.2, 0.25) is 0 Å². The Morgan fingerprint density at radius 2 is 2.33 bits per heavy atom. The van der Waals surface area contributed by atoms with Crippen LogP contribution in [0.1, 0.15) is 39.5 Å². The van der Waals surface area contributed by atoms with E-state index in [0.717, 1.165) is 30.4 Å². The Morgan fingerprint density at radius 1 is 1.53 bits per heavy atom. The summed E-state index contributed by atoms with van der Waals surface area (Å²) in [7, 11) is 0. The molecular formula is C13H21NO. The van der Waals surface area contributed by atoms with E-state index >= 15 is 0 Å². The molecule has 2 fully saturated rings. The number of fused-ring (bicyclic) bond motifs is 1. The minimum atomic E-state index is 0.305. The van der Waals surface area contributed by atoms with E-state index < -0.39 is 0 Å². The predicted octanol–water partition coefficient (Wildman–Crippen LogP) is 2.30. The number of piperidine rings is 1. The van der Waals surface area contributed by atoms with Gasteiger partial charge in [0.25, 0.3) is 0 Å². The molecule has 2 aliphatic rings. The van der Waals surface area contributed by atoms with Crippen LogP contribution in [0.3, 0.4) is 0 Å². The normalized spacial score (nSPS) is 40.5. The second-order valence-corrected chi connectivity index (χ2v) is 5.09. The van der Waals surface area contributed by atoms with Gasteiger partial charge in [0.05, 0.1) is 0 Å². The molecule has 84 valence electrons. The number of carbonyl (C=O) groups excluding carboxylic acids is 1. The molecule has 1 saturated heterocycles. The first-order valence-electron chi connectivity index (χ1n) is 6.10. The molecule has 0 bridgehead atoms. The third-order valence-corrected chi connectivity index (χ3v) is 4.37. The zero-order valence-electron chi connectivity index (χ0n) is 9.75. The van der Waals surface area contributed by atoms with Crippen LogP contribution >= 0.6 is 0 Å². The highest BCUT2D eigenvalue weighted by Gasteiger charge is 2.47. The minimum absolute atomic E-state index is 0.305. The fourth-order valence-electron chi connectivity index (χ4n) is 3.32. The largest absolute Gasteiger partial charge is 0.314 e. The Bertz CT molecular complexity index is 284. The first kappa shape index (κ1) is 10.9. The fourth-order valence-corrected chi connectivity index (χ4v) is 3.32. The average Bonchev–Trinajstić information content (AvgIpc) is 2.20. The third-order valence-electron chi connectivity index (χ3n) is 4.37. The molecule has 1 aliphatic heterocycles. The van der Waals surface area contributed by atoms with Crippen molar-refractivity contribution in [2.24, 2.45) is 11.3 Å². The van der Waals surface area contributed by atoms with Gasteiger partial charge in [-0.15, -0.1) is 0 Å². The van der Waals surface area contributed by atoms with Crippen molar-refractivity contribution in [1.29, 1.82) is 0 Å². The SMILES string of the molecule is CCC1(/C=C(/C)C=O)CCNC2CCC21. The van der Waals surface area contributed by atoms with Crippen LogP contribution in [0.4, 0.5) is 0 Å². The zero-order valence-corrected chi connectivity index (χ0v) is 9.75. The monoisotopic (exact) mass is 207 g/mol. The Hall–Kier alpha value is -0.630. The van der Waals surface area contributed by atoms with Crippen molar-refractivity contribution in [3.8, 4) is 0 Å². The van der Waals surface area contributed by atoms with Gasteiger partial charge in [-0.05, 0) is 56.1 Å². The summed E-state index contributed by atoms with van der Waals surface area (Å²) in [5.74, 6) is 0.770. The van der Waals surface area contributed by atoms with E-state index in [-0.39, 0.29) is 0 Å². The van der Waals surface area contributed by atoms with Crippen molar-refractivity contribution < 1.29 is 4.79 Å². The maximum Gasteiger partial charge on any atom is 0.145 e.